The Hall–Kier alpha value is -5.51. The summed E-state index contributed by atoms with van der Waals surface area (Å²) in [6, 6.07) is 22.6. The van der Waals surface area contributed by atoms with Crippen molar-refractivity contribution in [1.29, 1.82) is 0 Å². The van der Waals surface area contributed by atoms with Gasteiger partial charge >= 0.3 is 0 Å². The van der Waals surface area contributed by atoms with Crippen LogP contribution in [0.15, 0.2) is 72.8 Å². The van der Waals surface area contributed by atoms with E-state index in [2.05, 4.69) is 10.6 Å². The molecule has 4 aromatic rings. The van der Waals surface area contributed by atoms with Crippen LogP contribution >= 0.6 is 0 Å². The number of benzene rings is 4. The summed E-state index contributed by atoms with van der Waals surface area (Å²) >= 11 is 0. The molecule has 1 aliphatic rings. The molecule has 0 saturated heterocycles. The normalized spacial score (nSPS) is 13.6. The van der Waals surface area contributed by atoms with E-state index in [1.807, 2.05) is 78.9 Å². The third-order valence-corrected chi connectivity index (χ3v) is 7.66. The number of methoxy groups -OCH3 is 5. The van der Waals surface area contributed by atoms with E-state index < -0.39 is 0 Å². The second-order valence-electron chi connectivity index (χ2n) is 10.6. The number of ether oxygens (including phenoxy) is 7. The first-order chi connectivity index (χ1) is 23.0. The van der Waals surface area contributed by atoms with Crippen LogP contribution < -0.4 is 43.8 Å². The molecule has 0 aromatic heterocycles. The van der Waals surface area contributed by atoms with E-state index in [4.69, 9.17) is 33.2 Å². The van der Waals surface area contributed by atoms with Crippen LogP contribution in [0.2, 0.25) is 0 Å². The molecule has 1 amide bonds. The van der Waals surface area contributed by atoms with Crippen molar-refractivity contribution in [3.63, 3.8) is 0 Å². The third kappa shape index (κ3) is 7.84. The van der Waals surface area contributed by atoms with Crippen molar-refractivity contribution in [2.24, 2.45) is 0 Å². The molecule has 5 rings (SSSR count). The van der Waals surface area contributed by atoms with Gasteiger partial charge in [-0.1, -0.05) is 36.4 Å². The Morgan fingerprint density at radius 1 is 0.596 bits per heavy atom. The van der Waals surface area contributed by atoms with Gasteiger partial charge in [0.1, 0.15) is 6.17 Å². The molecule has 47 heavy (non-hydrogen) atoms. The van der Waals surface area contributed by atoms with E-state index in [0.29, 0.717) is 59.0 Å². The van der Waals surface area contributed by atoms with E-state index in [1.165, 1.54) is 0 Å². The molecule has 0 saturated carbocycles. The van der Waals surface area contributed by atoms with Gasteiger partial charge in [0.15, 0.2) is 34.5 Å². The lowest BCUT2D eigenvalue weighted by Crippen LogP contribution is -2.38. The lowest BCUT2D eigenvalue weighted by Gasteiger charge is -2.28. The number of fused-ring (bicyclic) bond motifs is 1. The molecular formula is C37H40N2O8. The van der Waals surface area contributed by atoms with Gasteiger partial charge in [0, 0.05) is 5.69 Å². The summed E-state index contributed by atoms with van der Waals surface area (Å²) in [5.74, 6) is 4.13. The number of amides is 1. The first-order valence-electron chi connectivity index (χ1n) is 15.2. The summed E-state index contributed by atoms with van der Waals surface area (Å²) in [5, 5.41) is 6.36. The Balaban J connectivity index is 1.14. The lowest BCUT2D eigenvalue weighted by molar-refractivity contribution is 0.0935. The standard InChI is InChI=1S/C37H40N2O8/c1-41-29-16-14-24(12-13-25-21-33(43-3)35(45-5)34(22-25)44-4)20-32(29)47-19-9-8-18-46-30-17-15-26(23-31(30)42-2)36-38-28-11-7-6-10-27(28)37(40)39-36/h6-7,10-17,20-23,36,38H,8-9,18-19H2,1-5H3,(H,39,40). The number of carbonyl (C=O) groups is 1. The number of rotatable bonds is 15. The third-order valence-electron chi connectivity index (χ3n) is 7.66. The monoisotopic (exact) mass is 640 g/mol. The molecule has 246 valence electrons. The molecule has 10 nitrogen and oxygen atoms in total. The molecule has 10 heteroatoms. The first kappa shape index (κ1) is 32.9. The topological polar surface area (TPSA) is 106 Å². The van der Waals surface area contributed by atoms with Gasteiger partial charge < -0.3 is 43.8 Å². The highest BCUT2D eigenvalue weighted by Crippen LogP contribution is 2.39. The van der Waals surface area contributed by atoms with Crippen molar-refractivity contribution in [3.8, 4) is 40.2 Å². The van der Waals surface area contributed by atoms with Gasteiger partial charge in [-0.25, -0.2) is 0 Å². The summed E-state index contributed by atoms with van der Waals surface area (Å²) in [4.78, 5) is 12.6. The minimum absolute atomic E-state index is 0.123. The van der Waals surface area contributed by atoms with Gasteiger partial charge in [-0.05, 0) is 78.1 Å². The zero-order chi connectivity index (χ0) is 33.2. The number of anilines is 1. The van der Waals surface area contributed by atoms with Crippen LogP contribution in [0.1, 0.15) is 46.1 Å². The van der Waals surface area contributed by atoms with Crippen LogP contribution in [-0.2, 0) is 0 Å². The van der Waals surface area contributed by atoms with E-state index >= 15 is 0 Å². The molecule has 1 unspecified atom stereocenters. The van der Waals surface area contributed by atoms with Gasteiger partial charge in [-0.2, -0.15) is 0 Å². The van der Waals surface area contributed by atoms with Crippen LogP contribution in [0.4, 0.5) is 5.69 Å². The fourth-order valence-corrected chi connectivity index (χ4v) is 5.23. The van der Waals surface area contributed by atoms with E-state index in [-0.39, 0.29) is 12.1 Å². The zero-order valence-corrected chi connectivity index (χ0v) is 27.3. The van der Waals surface area contributed by atoms with Crippen LogP contribution in [-0.4, -0.2) is 54.7 Å². The predicted molar refractivity (Wildman–Crippen MR) is 182 cm³/mol. The molecule has 1 heterocycles. The number of carbonyl (C=O) groups excluding carboxylic acids is 1. The Morgan fingerprint density at radius 3 is 1.89 bits per heavy atom. The first-order valence-corrected chi connectivity index (χ1v) is 15.2. The molecule has 0 fully saturated rings. The highest BCUT2D eigenvalue weighted by molar-refractivity contribution is 6.01. The van der Waals surface area contributed by atoms with Gasteiger partial charge in [0.05, 0.1) is 54.3 Å². The molecule has 1 aliphatic heterocycles. The van der Waals surface area contributed by atoms with Crippen LogP contribution in [0.5, 0.6) is 40.2 Å². The van der Waals surface area contributed by atoms with E-state index in [1.54, 1.807) is 41.6 Å². The summed E-state index contributed by atoms with van der Waals surface area (Å²) < 4.78 is 39.6. The predicted octanol–water partition coefficient (Wildman–Crippen LogP) is 6.99. The van der Waals surface area contributed by atoms with Crippen molar-refractivity contribution >= 4 is 23.7 Å². The molecule has 1 atom stereocenters. The molecule has 0 radical (unpaired) electrons. The number of unbranched alkanes of at least 4 members (excludes halogenated alkanes) is 1. The van der Waals surface area contributed by atoms with E-state index in [9.17, 15) is 4.79 Å². The maximum atomic E-state index is 12.6. The van der Waals surface area contributed by atoms with Crippen LogP contribution in [0.3, 0.4) is 0 Å². The quantitative estimate of drug-likeness (QED) is 0.105. The van der Waals surface area contributed by atoms with Crippen molar-refractivity contribution in [3.05, 3.63) is 95.1 Å². The van der Waals surface area contributed by atoms with Crippen LogP contribution in [0.25, 0.3) is 12.2 Å². The highest BCUT2D eigenvalue weighted by atomic mass is 16.5. The fourth-order valence-electron chi connectivity index (χ4n) is 5.23. The average Bonchev–Trinajstić information content (AvgIpc) is 3.11. The average molecular weight is 641 g/mol. The second kappa shape index (κ2) is 15.7. The smallest absolute Gasteiger partial charge is 0.255 e. The molecule has 4 aromatic carbocycles. The Labute approximate surface area is 275 Å². The Kier molecular flexibility index (Phi) is 11.0. The van der Waals surface area contributed by atoms with Gasteiger partial charge in [0.2, 0.25) is 5.75 Å². The summed E-state index contributed by atoms with van der Waals surface area (Å²) in [5.41, 5.74) is 4.11. The Bertz CT molecular complexity index is 1700. The number of hydrogen-bond donors (Lipinski definition) is 2. The molecule has 2 N–H and O–H groups in total. The SMILES string of the molecule is COc1cc(C2NC(=O)c3ccccc3N2)ccc1OCCCCOc1cc(C=Cc2cc(OC)c(OC)c(OC)c2)ccc1OC. The maximum absolute atomic E-state index is 12.6. The molecule has 0 aliphatic carbocycles. The number of nitrogens with one attached hydrogen (secondary N) is 2. The van der Waals surface area contributed by atoms with Crippen molar-refractivity contribution in [2.75, 3.05) is 54.1 Å². The fraction of sp³-hybridized carbons (Fsp3) is 0.270. The summed E-state index contributed by atoms with van der Waals surface area (Å²) in [6.45, 7) is 0.976. The van der Waals surface area contributed by atoms with Crippen LogP contribution in [0, 0.1) is 0 Å². The van der Waals surface area contributed by atoms with Gasteiger partial charge in [0.25, 0.3) is 5.91 Å². The Morgan fingerprint density at radius 2 is 1.21 bits per heavy atom. The molecule has 0 bridgehead atoms. The number of hydrogen-bond acceptors (Lipinski definition) is 9. The largest absolute Gasteiger partial charge is 0.493 e. The minimum Gasteiger partial charge on any atom is -0.493 e. The van der Waals surface area contributed by atoms with E-state index in [0.717, 1.165) is 35.2 Å². The summed E-state index contributed by atoms with van der Waals surface area (Å²) in [7, 11) is 7.99. The number of para-hydroxylation sites is 1. The van der Waals surface area contributed by atoms with Gasteiger partial charge in [-0.3, -0.25) is 4.79 Å². The molecular weight excluding hydrogens is 600 g/mol. The second-order valence-corrected chi connectivity index (χ2v) is 10.6. The van der Waals surface area contributed by atoms with Crippen molar-refractivity contribution < 1.29 is 38.0 Å². The van der Waals surface area contributed by atoms with Crippen molar-refractivity contribution in [2.45, 2.75) is 19.0 Å². The summed E-state index contributed by atoms with van der Waals surface area (Å²) in [6.07, 6.45) is 5.11. The molecule has 0 spiro atoms. The minimum atomic E-state index is -0.377. The lowest BCUT2D eigenvalue weighted by atomic mass is 10.1. The van der Waals surface area contributed by atoms with Gasteiger partial charge in [-0.15, -0.1) is 0 Å². The van der Waals surface area contributed by atoms with Crippen molar-refractivity contribution in [1.82, 2.24) is 5.32 Å². The zero-order valence-electron chi connectivity index (χ0n) is 27.3. The maximum Gasteiger partial charge on any atom is 0.255 e. The highest BCUT2D eigenvalue weighted by Gasteiger charge is 2.25.